The highest BCUT2D eigenvalue weighted by atomic mass is 32.2. The number of amides is 1. The van der Waals surface area contributed by atoms with Crippen LogP contribution in [-0.2, 0) is 9.53 Å². The molecule has 3 rings (SSSR count). The summed E-state index contributed by atoms with van der Waals surface area (Å²) < 4.78 is 5.47. The highest BCUT2D eigenvalue weighted by Crippen LogP contribution is 2.44. The molecule has 0 spiro atoms. The van der Waals surface area contributed by atoms with Crippen molar-refractivity contribution in [2.75, 3.05) is 18.1 Å². The fourth-order valence-electron chi connectivity index (χ4n) is 3.83. The van der Waals surface area contributed by atoms with Gasteiger partial charge in [-0.1, -0.05) is 75.2 Å². The van der Waals surface area contributed by atoms with Crippen molar-refractivity contribution in [3.63, 3.8) is 0 Å². The lowest BCUT2D eigenvalue weighted by molar-refractivity contribution is -0.138. The summed E-state index contributed by atoms with van der Waals surface area (Å²) in [4.78, 5) is 23.9. The normalized spacial score (nSPS) is 13.6. The average molecular weight is 428 g/mol. The first-order valence-corrected chi connectivity index (χ1v) is 11.6. The van der Waals surface area contributed by atoms with Crippen LogP contribution in [0.25, 0.3) is 11.1 Å². The molecule has 1 amide bonds. The van der Waals surface area contributed by atoms with Crippen molar-refractivity contribution < 1.29 is 19.4 Å². The number of ether oxygens (including phenoxy) is 1. The summed E-state index contributed by atoms with van der Waals surface area (Å²) in [6.45, 7) is 4.45. The maximum atomic E-state index is 12.3. The van der Waals surface area contributed by atoms with Crippen LogP contribution < -0.4 is 5.32 Å². The fraction of sp³-hybridized carbons (Fsp3) is 0.417. The van der Waals surface area contributed by atoms with E-state index in [1.165, 1.54) is 0 Å². The molecule has 0 aliphatic heterocycles. The molecule has 1 aliphatic rings. The maximum Gasteiger partial charge on any atom is 0.407 e. The quantitative estimate of drug-likeness (QED) is 0.549. The van der Waals surface area contributed by atoms with Gasteiger partial charge in [-0.3, -0.25) is 0 Å². The van der Waals surface area contributed by atoms with E-state index >= 15 is 0 Å². The van der Waals surface area contributed by atoms with Crippen LogP contribution in [0.15, 0.2) is 48.5 Å². The average Bonchev–Trinajstić information content (AvgIpc) is 3.08. The molecule has 0 heterocycles. The van der Waals surface area contributed by atoms with E-state index in [1.807, 2.05) is 24.3 Å². The molecule has 0 bridgehead atoms. The van der Waals surface area contributed by atoms with Gasteiger partial charge in [-0.05, 0) is 33.9 Å². The lowest BCUT2D eigenvalue weighted by Crippen LogP contribution is -2.43. The smallest absolute Gasteiger partial charge is 0.407 e. The third-order valence-electron chi connectivity index (χ3n) is 5.73. The van der Waals surface area contributed by atoms with E-state index in [1.54, 1.807) is 11.8 Å². The second-order valence-corrected chi connectivity index (χ2v) is 8.66. The number of carboxylic acids is 1. The minimum atomic E-state index is -1.04. The Morgan fingerprint density at radius 1 is 1.00 bits per heavy atom. The molecular weight excluding hydrogens is 398 g/mol. The Kier molecular flexibility index (Phi) is 7.80. The largest absolute Gasteiger partial charge is 0.480 e. The number of carboxylic acid groups (broad SMARTS) is 1. The van der Waals surface area contributed by atoms with Gasteiger partial charge in [0.05, 0.1) is 0 Å². The van der Waals surface area contributed by atoms with Gasteiger partial charge in [-0.2, -0.15) is 11.8 Å². The number of fused-ring (bicyclic) bond motifs is 3. The Hall–Kier alpha value is -2.47. The predicted octanol–water partition coefficient (Wildman–Crippen LogP) is 5.15. The van der Waals surface area contributed by atoms with Gasteiger partial charge in [0.25, 0.3) is 0 Å². The Balaban J connectivity index is 1.58. The molecule has 1 atom stereocenters. The number of alkyl carbamates (subject to hydrolysis) is 1. The van der Waals surface area contributed by atoms with Crippen molar-refractivity contribution in [1.82, 2.24) is 5.32 Å². The maximum absolute atomic E-state index is 12.3. The number of benzene rings is 2. The van der Waals surface area contributed by atoms with E-state index in [0.717, 1.165) is 40.8 Å². The molecule has 2 aromatic carbocycles. The number of aliphatic carboxylic acids is 1. The Labute approximate surface area is 182 Å². The Morgan fingerprint density at radius 2 is 1.57 bits per heavy atom. The van der Waals surface area contributed by atoms with E-state index in [2.05, 4.69) is 43.4 Å². The van der Waals surface area contributed by atoms with Crippen LogP contribution in [0.1, 0.15) is 43.7 Å². The van der Waals surface area contributed by atoms with Crippen molar-refractivity contribution >= 4 is 23.8 Å². The molecule has 0 fully saturated rings. The summed E-state index contributed by atoms with van der Waals surface area (Å²) in [5.74, 6) is 0.703. The van der Waals surface area contributed by atoms with Gasteiger partial charge in [0.1, 0.15) is 12.6 Å². The molecule has 30 heavy (non-hydrogen) atoms. The second kappa shape index (κ2) is 10.5. The van der Waals surface area contributed by atoms with Gasteiger partial charge in [0.15, 0.2) is 0 Å². The number of thioether (sulfide) groups is 1. The number of carbonyl (C=O) groups excluding carboxylic acids is 1. The summed E-state index contributed by atoms with van der Waals surface area (Å²) in [7, 11) is 0. The van der Waals surface area contributed by atoms with Crippen LogP contribution in [0.2, 0.25) is 0 Å². The fourth-order valence-corrected chi connectivity index (χ4v) is 5.24. The molecule has 160 valence electrons. The lowest BCUT2D eigenvalue weighted by Gasteiger charge is -2.18. The van der Waals surface area contributed by atoms with Crippen LogP contribution >= 0.6 is 11.8 Å². The molecular formula is C24H29NO4S. The van der Waals surface area contributed by atoms with Crippen LogP contribution in [0, 0.1) is 5.92 Å². The summed E-state index contributed by atoms with van der Waals surface area (Å²) in [5.41, 5.74) is 4.57. The van der Waals surface area contributed by atoms with E-state index in [4.69, 9.17) is 4.74 Å². The molecule has 6 heteroatoms. The van der Waals surface area contributed by atoms with Crippen LogP contribution in [0.4, 0.5) is 4.79 Å². The minimum absolute atomic E-state index is 0.0457. The number of nitrogens with one attached hydrogen (secondary N) is 1. The zero-order valence-corrected chi connectivity index (χ0v) is 18.3. The molecule has 0 aromatic heterocycles. The van der Waals surface area contributed by atoms with Crippen molar-refractivity contribution in [3.8, 4) is 11.1 Å². The van der Waals surface area contributed by atoms with Crippen LogP contribution in [0.3, 0.4) is 0 Å². The Morgan fingerprint density at radius 3 is 2.10 bits per heavy atom. The summed E-state index contributed by atoms with van der Waals surface area (Å²) in [6, 6.07) is 15.3. The lowest BCUT2D eigenvalue weighted by atomic mass is 9.98. The second-order valence-electron chi connectivity index (χ2n) is 7.58. The number of hydrogen-bond donors (Lipinski definition) is 2. The topological polar surface area (TPSA) is 75.6 Å². The van der Waals surface area contributed by atoms with E-state index < -0.39 is 18.1 Å². The molecule has 0 saturated heterocycles. The van der Waals surface area contributed by atoms with Crippen LogP contribution in [-0.4, -0.2) is 41.3 Å². The zero-order chi connectivity index (χ0) is 21.5. The van der Waals surface area contributed by atoms with E-state index in [-0.39, 0.29) is 12.5 Å². The third kappa shape index (κ3) is 5.17. The van der Waals surface area contributed by atoms with Gasteiger partial charge in [-0.15, -0.1) is 0 Å². The van der Waals surface area contributed by atoms with Crippen molar-refractivity contribution in [1.29, 1.82) is 0 Å². The van der Waals surface area contributed by atoms with Gasteiger partial charge in [0.2, 0.25) is 0 Å². The third-order valence-corrected chi connectivity index (χ3v) is 7.00. The molecule has 0 radical (unpaired) electrons. The first-order chi connectivity index (χ1) is 14.5. The first-order valence-electron chi connectivity index (χ1n) is 10.5. The highest BCUT2D eigenvalue weighted by Gasteiger charge is 2.29. The van der Waals surface area contributed by atoms with Gasteiger partial charge < -0.3 is 15.2 Å². The highest BCUT2D eigenvalue weighted by molar-refractivity contribution is 7.99. The summed E-state index contributed by atoms with van der Waals surface area (Å²) in [5, 5.41) is 12.0. The number of carbonyl (C=O) groups is 2. The zero-order valence-electron chi connectivity index (χ0n) is 17.5. The molecule has 2 N–H and O–H groups in total. The first kappa shape index (κ1) is 22.2. The molecule has 1 unspecified atom stereocenters. The summed E-state index contributed by atoms with van der Waals surface area (Å²) in [6.07, 6.45) is 1.45. The number of hydrogen-bond acceptors (Lipinski definition) is 4. The van der Waals surface area contributed by atoms with Crippen molar-refractivity contribution in [3.05, 3.63) is 59.7 Å². The SMILES string of the molecule is CCC(CC)CSCC(NC(=O)OCC1c2ccccc2-c2ccccc21)C(=O)O. The Bertz CT molecular complexity index is 836. The predicted molar refractivity (Wildman–Crippen MR) is 121 cm³/mol. The van der Waals surface area contributed by atoms with Crippen molar-refractivity contribution in [2.45, 2.75) is 38.6 Å². The van der Waals surface area contributed by atoms with E-state index in [9.17, 15) is 14.7 Å². The monoisotopic (exact) mass is 427 g/mol. The number of rotatable bonds is 10. The minimum Gasteiger partial charge on any atom is -0.480 e. The van der Waals surface area contributed by atoms with Crippen LogP contribution in [0.5, 0.6) is 0 Å². The van der Waals surface area contributed by atoms with Crippen molar-refractivity contribution in [2.24, 2.45) is 5.92 Å². The van der Waals surface area contributed by atoms with Gasteiger partial charge in [-0.25, -0.2) is 9.59 Å². The van der Waals surface area contributed by atoms with E-state index in [0.29, 0.717) is 11.7 Å². The molecule has 0 saturated carbocycles. The molecule has 1 aliphatic carbocycles. The molecule has 5 nitrogen and oxygen atoms in total. The standard InChI is InChI=1S/C24H29NO4S/c1-3-16(4-2)14-30-15-22(23(26)27)25-24(28)29-13-21-19-11-7-5-9-17(19)18-10-6-8-12-20(18)21/h5-12,16,21-22H,3-4,13-15H2,1-2H3,(H,25,28)(H,26,27). The molecule has 2 aromatic rings. The van der Waals surface area contributed by atoms with Gasteiger partial charge >= 0.3 is 12.1 Å². The van der Waals surface area contributed by atoms with Gasteiger partial charge in [0, 0.05) is 11.7 Å². The summed E-state index contributed by atoms with van der Waals surface area (Å²) >= 11 is 1.56.